The smallest absolute Gasteiger partial charge is 0.0256 e. The summed E-state index contributed by atoms with van der Waals surface area (Å²) in [6.07, 6.45) is 10.2. The summed E-state index contributed by atoms with van der Waals surface area (Å²) in [6, 6.07) is 0. The Hall–Kier alpha value is -0.780. The summed E-state index contributed by atoms with van der Waals surface area (Å²) >= 11 is 0. The van der Waals surface area contributed by atoms with Gasteiger partial charge in [0.1, 0.15) is 0 Å². The van der Waals surface area contributed by atoms with Gasteiger partial charge >= 0.3 is 0 Å². The van der Waals surface area contributed by atoms with Crippen molar-refractivity contribution in [3.63, 3.8) is 0 Å². The Morgan fingerprint density at radius 2 is 2.10 bits per heavy atom. The molecule has 0 radical (unpaired) electrons. The average molecular weight is 136 g/mol. The van der Waals surface area contributed by atoms with E-state index >= 15 is 0 Å². The molecule has 0 aliphatic carbocycles. The molecule has 0 spiro atoms. The van der Waals surface area contributed by atoms with Crippen molar-refractivity contribution in [1.82, 2.24) is 0 Å². The second-order valence-electron chi connectivity index (χ2n) is 2.46. The summed E-state index contributed by atoms with van der Waals surface area (Å²) < 4.78 is 0. The third-order valence-corrected chi connectivity index (χ3v) is 1.40. The molecular weight excluding hydrogens is 120 g/mol. The van der Waals surface area contributed by atoms with Gasteiger partial charge in [-0.15, -0.1) is 6.58 Å². The average Bonchev–Trinajstić information content (AvgIpc) is 1.97. The lowest BCUT2D eigenvalue weighted by molar-refractivity contribution is 0.658. The maximum absolute atomic E-state index is 3.67. The zero-order valence-electron chi connectivity index (χ0n) is 6.72. The van der Waals surface area contributed by atoms with Gasteiger partial charge in [-0.1, -0.05) is 37.8 Å². The second-order valence-corrected chi connectivity index (χ2v) is 2.46. The first kappa shape index (κ1) is 9.22. The van der Waals surface area contributed by atoms with E-state index in [4.69, 9.17) is 0 Å². The zero-order chi connectivity index (χ0) is 7.82. The lowest BCUT2D eigenvalue weighted by Crippen LogP contribution is -1.86. The highest BCUT2D eigenvalue weighted by Crippen LogP contribution is 2.06. The minimum absolute atomic E-state index is 0.649. The quantitative estimate of drug-likeness (QED) is 0.401. The van der Waals surface area contributed by atoms with Crippen LogP contribution in [0.4, 0.5) is 0 Å². The van der Waals surface area contributed by atoms with E-state index in [0.29, 0.717) is 5.92 Å². The van der Waals surface area contributed by atoms with Gasteiger partial charge in [0, 0.05) is 0 Å². The molecule has 0 aliphatic rings. The van der Waals surface area contributed by atoms with Gasteiger partial charge < -0.3 is 0 Å². The van der Waals surface area contributed by atoms with Crippen LogP contribution in [0.2, 0.25) is 0 Å². The van der Waals surface area contributed by atoms with E-state index < -0.39 is 0 Å². The maximum Gasteiger partial charge on any atom is -0.0256 e. The first-order chi connectivity index (χ1) is 4.81. The standard InChI is InChI=1S/C10H16/c1-4-6-8-10(3)9-7-5-2/h4-6,8,10H,1-2,7,9H2,3H3/b8-6+. The Morgan fingerprint density at radius 1 is 1.40 bits per heavy atom. The van der Waals surface area contributed by atoms with Crippen LogP contribution < -0.4 is 0 Å². The van der Waals surface area contributed by atoms with Gasteiger partial charge in [0.2, 0.25) is 0 Å². The molecule has 0 nitrogen and oxygen atoms in total. The summed E-state index contributed by atoms with van der Waals surface area (Å²) in [4.78, 5) is 0. The molecule has 0 heterocycles. The Kier molecular flexibility index (Phi) is 5.85. The van der Waals surface area contributed by atoms with Crippen molar-refractivity contribution < 1.29 is 0 Å². The summed E-state index contributed by atoms with van der Waals surface area (Å²) in [7, 11) is 0. The lowest BCUT2D eigenvalue weighted by Gasteiger charge is -2.00. The summed E-state index contributed by atoms with van der Waals surface area (Å²) in [6.45, 7) is 9.47. The Labute approximate surface area is 64.0 Å². The van der Waals surface area contributed by atoms with Gasteiger partial charge in [0.25, 0.3) is 0 Å². The molecule has 56 valence electrons. The minimum atomic E-state index is 0.649. The van der Waals surface area contributed by atoms with Crippen molar-refractivity contribution in [3.05, 3.63) is 37.5 Å². The Bertz CT molecular complexity index is 120. The fourth-order valence-electron chi connectivity index (χ4n) is 0.745. The topological polar surface area (TPSA) is 0 Å². The van der Waals surface area contributed by atoms with Crippen LogP contribution in [0.15, 0.2) is 37.5 Å². The zero-order valence-corrected chi connectivity index (χ0v) is 6.72. The molecule has 1 unspecified atom stereocenters. The molecule has 0 bridgehead atoms. The normalized spacial score (nSPS) is 13.3. The minimum Gasteiger partial charge on any atom is -0.103 e. The molecule has 0 saturated carbocycles. The van der Waals surface area contributed by atoms with E-state index in [1.165, 1.54) is 6.42 Å². The van der Waals surface area contributed by atoms with E-state index in [2.05, 4.69) is 26.2 Å². The van der Waals surface area contributed by atoms with Crippen molar-refractivity contribution in [2.75, 3.05) is 0 Å². The van der Waals surface area contributed by atoms with Gasteiger partial charge in [0.15, 0.2) is 0 Å². The SMILES string of the molecule is C=C/C=C/C(C)CCC=C. The predicted molar refractivity (Wildman–Crippen MR) is 47.9 cm³/mol. The monoisotopic (exact) mass is 136 g/mol. The third kappa shape index (κ3) is 5.36. The summed E-state index contributed by atoms with van der Waals surface area (Å²) in [5, 5.41) is 0. The number of hydrogen-bond acceptors (Lipinski definition) is 0. The second kappa shape index (κ2) is 6.34. The molecule has 0 N–H and O–H groups in total. The van der Waals surface area contributed by atoms with Crippen LogP contribution in [0.5, 0.6) is 0 Å². The lowest BCUT2D eigenvalue weighted by atomic mass is 10.1. The molecule has 0 saturated heterocycles. The molecule has 0 aromatic rings. The highest BCUT2D eigenvalue weighted by atomic mass is 14.0. The van der Waals surface area contributed by atoms with E-state index in [1.54, 1.807) is 0 Å². The molecule has 0 aromatic carbocycles. The highest BCUT2D eigenvalue weighted by Gasteiger charge is 1.91. The largest absolute Gasteiger partial charge is 0.103 e. The van der Waals surface area contributed by atoms with E-state index in [-0.39, 0.29) is 0 Å². The fourth-order valence-corrected chi connectivity index (χ4v) is 0.745. The van der Waals surface area contributed by atoms with Gasteiger partial charge in [-0.2, -0.15) is 0 Å². The molecule has 0 rings (SSSR count). The van der Waals surface area contributed by atoms with Crippen LogP contribution in [0.3, 0.4) is 0 Å². The molecule has 0 fully saturated rings. The first-order valence-electron chi connectivity index (χ1n) is 3.71. The van der Waals surface area contributed by atoms with Crippen LogP contribution in [-0.2, 0) is 0 Å². The summed E-state index contributed by atoms with van der Waals surface area (Å²) in [5.41, 5.74) is 0. The number of hydrogen-bond donors (Lipinski definition) is 0. The summed E-state index contributed by atoms with van der Waals surface area (Å²) in [5.74, 6) is 0.649. The van der Waals surface area contributed by atoms with Gasteiger partial charge in [0.05, 0.1) is 0 Å². The molecule has 10 heavy (non-hydrogen) atoms. The van der Waals surface area contributed by atoms with Gasteiger partial charge in [-0.25, -0.2) is 0 Å². The highest BCUT2D eigenvalue weighted by molar-refractivity contribution is 4.99. The van der Waals surface area contributed by atoms with Crippen molar-refractivity contribution in [2.45, 2.75) is 19.8 Å². The van der Waals surface area contributed by atoms with E-state index in [1.807, 2.05) is 18.2 Å². The fraction of sp³-hybridized carbons (Fsp3) is 0.400. The van der Waals surface area contributed by atoms with Crippen LogP contribution in [0, 0.1) is 5.92 Å². The van der Waals surface area contributed by atoms with Gasteiger partial charge in [-0.05, 0) is 18.8 Å². The van der Waals surface area contributed by atoms with Crippen molar-refractivity contribution in [3.8, 4) is 0 Å². The van der Waals surface area contributed by atoms with E-state index in [9.17, 15) is 0 Å². The number of allylic oxidation sites excluding steroid dienone is 4. The molecular formula is C10H16. The van der Waals surface area contributed by atoms with Crippen LogP contribution >= 0.6 is 0 Å². The molecule has 0 aromatic heterocycles. The third-order valence-electron chi connectivity index (χ3n) is 1.40. The van der Waals surface area contributed by atoms with E-state index in [0.717, 1.165) is 6.42 Å². The maximum atomic E-state index is 3.67. The molecule has 0 aliphatic heterocycles. The van der Waals surface area contributed by atoms with Crippen molar-refractivity contribution in [1.29, 1.82) is 0 Å². The first-order valence-corrected chi connectivity index (χ1v) is 3.71. The van der Waals surface area contributed by atoms with Crippen LogP contribution in [-0.4, -0.2) is 0 Å². The molecule has 0 heteroatoms. The number of rotatable bonds is 5. The Balaban J connectivity index is 3.41. The van der Waals surface area contributed by atoms with Crippen LogP contribution in [0.25, 0.3) is 0 Å². The molecule has 0 amide bonds. The van der Waals surface area contributed by atoms with Crippen molar-refractivity contribution in [2.24, 2.45) is 5.92 Å². The van der Waals surface area contributed by atoms with Crippen molar-refractivity contribution >= 4 is 0 Å². The van der Waals surface area contributed by atoms with Gasteiger partial charge in [-0.3, -0.25) is 0 Å². The van der Waals surface area contributed by atoms with Crippen LogP contribution in [0.1, 0.15) is 19.8 Å². The predicted octanol–water partition coefficient (Wildman–Crippen LogP) is 3.33. The Morgan fingerprint density at radius 3 is 2.60 bits per heavy atom. The molecule has 1 atom stereocenters.